The minimum Gasteiger partial charge on any atom is -0.395 e. The van der Waals surface area contributed by atoms with Crippen LogP contribution in [0.3, 0.4) is 0 Å². The van der Waals surface area contributed by atoms with Crippen LogP contribution in [0.2, 0.25) is 0 Å². The van der Waals surface area contributed by atoms with Gasteiger partial charge in [0, 0.05) is 14.1 Å². The summed E-state index contributed by atoms with van der Waals surface area (Å²) in [5.74, 6) is 0. The van der Waals surface area contributed by atoms with Crippen molar-refractivity contribution in [3.05, 3.63) is 6.20 Å². The fourth-order valence-corrected chi connectivity index (χ4v) is 1.17. The number of hydrogen-bond acceptors (Lipinski definition) is 4. The maximum atomic E-state index is 5.55. The van der Waals surface area contributed by atoms with Gasteiger partial charge in [0.2, 0.25) is 0 Å². The third kappa shape index (κ3) is 1.13. The van der Waals surface area contributed by atoms with E-state index >= 15 is 0 Å². The lowest BCUT2D eigenvalue weighted by Gasteiger charge is -2.07. The fraction of sp³-hybridized carbons (Fsp3) is 0.400. The van der Waals surface area contributed by atoms with Crippen LogP contribution < -0.4 is 10.6 Å². The fourth-order valence-electron chi connectivity index (χ4n) is 0.581. The number of nitrogens with zero attached hydrogens (tertiary/aromatic N) is 2. The number of nitrogen functional groups attached to an aromatic ring is 1. The van der Waals surface area contributed by atoms with Crippen molar-refractivity contribution in [3.63, 3.8) is 0 Å². The molecule has 0 saturated heterocycles. The Hall–Kier alpha value is -0.770. The van der Waals surface area contributed by atoms with E-state index in [1.165, 1.54) is 11.5 Å². The van der Waals surface area contributed by atoms with Gasteiger partial charge in [-0.25, -0.2) is 0 Å². The average molecular weight is 143 g/mol. The van der Waals surface area contributed by atoms with Crippen molar-refractivity contribution in [2.24, 2.45) is 0 Å². The molecule has 9 heavy (non-hydrogen) atoms. The smallest absolute Gasteiger partial charge is 0.134 e. The average Bonchev–Trinajstić information content (AvgIpc) is 2.13. The number of hydrogen-bond donors (Lipinski definition) is 1. The standard InChI is InChI=1S/C5H9N3S/c1-8(2)5-4(6)3-7-9-5/h3H,6H2,1-2H3. The van der Waals surface area contributed by atoms with Crippen molar-refractivity contribution in [3.8, 4) is 0 Å². The highest BCUT2D eigenvalue weighted by atomic mass is 32.1. The van der Waals surface area contributed by atoms with E-state index in [0.29, 0.717) is 0 Å². The predicted molar refractivity (Wildman–Crippen MR) is 40.9 cm³/mol. The monoisotopic (exact) mass is 143 g/mol. The molecule has 1 rings (SSSR count). The molecule has 0 aromatic carbocycles. The molecular formula is C5H9N3S. The van der Waals surface area contributed by atoms with Crippen molar-refractivity contribution >= 4 is 22.2 Å². The molecule has 0 atom stereocenters. The lowest BCUT2D eigenvalue weighted by Crippen LogP contribution is -2.08. The summed E-state index contributed by atoms with van der Waals surface area (Å²) in [6.07, 6.45) is 1.67. The zero-order valence-electron chi connectivity index (χ0n) is 5.46. The first kappa shape index (κ1) is 6.35. The lowest BCUT2D eigenvalue weighted by atomic mass is 10.5. The third-order valence-corrected chi connectivity index (χ3v) is 1.97. The maximum Gasteiger partial charge on any atom is 0.134 e. The van der Waals surface area contributed by atoms with Gasteiger partial charge in [-0.15, -0.1) is 0 Å². The topological polar surface area (TPSA) is 42.2 Å². The van der Waals surface area contributed by atoms with Crippen LogP contribution in [0.25, 0.3) is 0 Å². The first-order valence-corrected chi connectivity index (χ1v) is 3.36. The largest absolute Gasteiger partial charge is 0.395 e. The van der Waals surface area contributed by atoms with Crippen LogP contribution in [0.15, 0.2) is 6.20 Å². The van der Waals surface area contributed by atoms with Gasteiger partial charge in [-0.05, 0) is 11.5 Å². The Labute approximate surface area is 58.3 Å². The number of nitrogens with two attached hydrogens (primary N) is 1. The molecule has 0 fully saturated rings. The molecule has 1 aromatic heterocycles. The summed E-state index contributed by atoms with van der Waals surface area (Å²) < 4.78 is 3.92. The first-order valence-electron chi connectivity index (χ1n) is 2.59. The summed E-state index contributed by atoms with van der Waals surface area (Å²) >= 11 is 1.41. The third-order valence-electron chi connectivity index (χ3n) is 0.984. The van der Waals surface area contributed by atoms with E-state index in [2.05, 4.69) is 4.37 Å². The van der Waals surface area contributed by atoms with Crippen molar-refractivity contribution in [2.45, 2.75) is 0 Å². The molecule has 0 bridgehead atoms. The lowest BCUT2D eigenvalue weighted by molar-refractivity contribution is 1.16. The molecule has 0 radical (unpaired) electrons. The highest BCUT2D eigenvalue weighted by Gasteiger charge is 2.01. The minimum atomic E-state index is 0.755. The Kier molecular flexibility index (Phi) is 1.57. The second-order valence-electron chi connectivity index (χ2n) is 1.98. The molecule has 0 aliphatic carbocycles. The van der Waals surface area contributed by atoms with Gasteiger partial charge in [0.1, 0.15) is 5.00 Å². The molecule has 2 N–H and O–H groups in total. The Morgan fingerprint density at radius 1 is 1.67 bits per heavy atom. The van der Waals surface area contributed by atoms with E-state index in [-0.39, 0.29) is 0 Å². The van der Waals surface area contributed by atoms with Crippen LogP contribution in [0, 0.1) is 0 Å². The Morgan fingerprint density at radius 2 is 2.33 bits per heavy atom. The van der Waals surface area contributed by atoms with Gasteiger partial charge in [0.15, 0.2) is 0 Å². The zero-order valence-corrected chi connectivity index (χ0v) is 6.27. The minimum absolute atomic E-state index is 0.755. The Balaban J connectivity index is 2.94. The summed E-state index contributed by atoms with van der Waals surface area (Å²) in [6, 6.07) is 0. The SMILES string of the molecule is CN(C)c1sncc1N. The molecule has 0 saturated carbocycles. The maximum absolute atomic E-state index is 5.55. The Bertz CT molecular complexity index is 194. The van der Waals surface area contributed by atoms with Crippen LogP contribution in [0.1, 0.15) is 0 Å². The summed E-state index contributed by atoms with van der Waals surface area (Å²) in [4.78, 5) is 1.95. The van der Waals surface area contributed by atoms with Crippen LogP contribution >= 0.6 is 11.5 Å². The number of aromatic nitrogens is 1. The van der Waals surface area contributed by atoms with E-state index in [0.717, 1.165) is 10.7 Å². The molecule has 0 aliphatic heterocycles. The van der Waals surface area contributed by atoms with Gasteiger partial charge < -0.3 is 10.6 Å². The normalized spacial score (nSPS) is 9.56. The highest BCUT2D eigenvalue weighted by molar-refractivity contribution is 7.10. The molecule has 4 heteroatoms. The van der Waals surface area contributed by atoms with Gasteiger partial charge in [0.25, 0.3) is 0 Å². The zero-order chi connectivity index (χ0) is 6.85. The molecule has 0 spiro atoms. The molecule has 0 amide bonds. The first-order chi connectivity index (χ1) is 4.22. The second kappa shape index (κ2) is 2.23. The molecule has 0 aliphatic rings. The van der Waals surface area contributed by atoms with Crippen molar-refractivity contribution in [1.29, 1.82) is 0 Å². The molecule has 1 heterocycles. The van der Waals surface area contributed by atoms with Gasteiger partial charge in [-0.2, -0.15) is 4.37 Å². The molecule has 1 aromatic rings. The van der Waals surface area contributed by atoms with E-state index in [4.69, 9.17) is 5.73 Å². The molecule has 3 nitrogen and oxygen atoms in total. The summed E-state index contributed by atoms with van der Waals surface area (Å²) in [5, 5.41) is 1.02. The highest BCUT2D eigenvalue weighted by Crippen LogP contribution is 2.24. The van der Waals surface area contributed by atoms with Crippen molar-refractivity contribution in [2.75, 3.05) is 24.7 Å². The van der Waals surface area contributed by atoms with Gasteiger partial charge >= 0.3 is 0 Å². The van der Waals surface area contributed by atoms with Crippen molar-refractivity contribution in [1.82, 2.24) is 4.37 Å². The van der Waals surface area contributed by atoms with Gasteiger partial charge in [-0.3, -0.25) is 0 Å². The summed E-state index contributed by atoms with van der Waals surface area (Å²) in [6.45, 7) is 0. The van der Waals surface area contributed by atoms with Crippen LogP contribution in [-0.4, -0.2) is 18.5 Å². The Morgan fingerprint density at radius 3 is 2.56 bits per heavy atom. The number of anilines is 2. The van der Waals surface area contributed by atoms with E-state index in [9.17, 15) is 0 Å². The van der Waals surface area contributed by atoms with Gasteiger partial charge in [0.05, 0.1) is 11.9 Å². The van der Waals surface area contributed by atoms with Crippen LogP contribution in [0.5, 0.6) is 0 Å². The van der Waals surface area contributed by atoms with E-state index in [1.54, 1.807) is 6.20 Å². The summed E-state index contributed by atoms with van der Waals surface area (Å²) in [7, 11) is 3.90. The van der Waals surface area contributed by atoms with E-state index < -0.39 is 0 Å². The van der Waals surface area contributed by atoms with Crippen molar-refractivity contribution < 1.29 is 0 Å². The number of rotatable bonds is 1. The van der Waals surface area contributed by atoms with E-state index in [1.807, 2.05) is 19.0 Å². The molecule has 50 valence electrons. The second-order valence-corrected chi connectivity index (χ2v) is 2.76. The van der Waals surface area contributed by atoms with Crippen LogP contribution in [-0.2, 0) is 0 Å². The predicted octanol–water partition coefficient (Wildman–Crippen LogP) is 0.791. The van der Waals surface area contributed by atoms with Crippen LogP contribution in [0.4, 0.5) is 10.7 Å². The molecule has 0 unspecified atom stereocenters. The quantitative estimate of drug-likeness (QED) is 0.632. The summed E-state index contributed by atoms with van der Waals surface area (Å²) in [5.41, 5.74) is 6.30. The van der Waals surface area contributed by atoms with Gasteiger partial charge in [-0.1, -0.05) is 0 Å². The molecular weight excluding hydrogens is 134 g/mol.